The Bertz CT molecular complexity index is 462. The molecule has 0 unspecified atom stereocenters. The fourth-order valence-corrected chi connectivity index (χ4v) is 1.55. The van der Waals surface area contributed by atoms with Crippen molar-refractivity contribution >= 4 is 10.0 Å². The summed E-state index contributed by atoms with van der Waals surface area (Å²) in [6, 6.07) is 2.88. The van der Waals surface area contributed by atoms with Crippen LogP contribution in [0.3, 0.4) is 0 Å². The third-order valence-corrected chi connectivity index (χ3v) is 2.58. The van der Waals surface area contributed by atoms with Crippen LogP contribution in [-0.4, -0.2) is 20.8 Å². The van der Waals surface area contributed by atoms with Crippen LogP contribution in [0.5, 0.6) is 5.75 Å². The van der Waals surface area contributed by atoms with Gasteiger partial charge in [0, 0.05) is 6.07 Å². The lowest BCUT2D eigenvalue weighted by molar-refractivity contribution is 0.300. The Kier molecular flexibility index (Phi) is 4.19. The van der Waals surface area contributed by atoms with E-state index >= 15 is 0 Å². The predicted octanol–water partition coefficient (Wildman–Crippen LogP) is 1.02. The van der Waals surface area contributed by atoms with Crippen LogP contribution in [0.25, 0.3) is 0 Å². The van der Waals surface area contributed by atoms with Gasteiger partial charge in [0.15, 0.2) is 11.6 Å². The average molecular weight is 251 g/mol. The van der Waals surface area contributed by atoms with Gasteiger partial charge in [-0.15, -0.1) is 0 Å². The molecular weight excluding hydrogens is 240 g/mol. The zero-order chi connectivity index (χ0) is 12.2. The topological polar surface area (TPSA) is 69.4 Å². The van der Waals surface area contributed by atoms with E-state index in [9.17, 15) is 17.2 Å². The van der Waals surface area contributed by atoms with Crippen molar-refractivity contribution in [2.45, 2.75) is 6.42 Å². The molecule has 0 aliphatic rings. The summed E-state index contributed by atoms with van der Waals surface area (Å²) >= 11 is 0. The Morgan fingerprint density at radius 2 is 2.00 bits per heavy atom. The molecule has 90 valence electrons. The molecule has 0 saturated heterocycles. The highest BCUT2D eigenvalue weighted by atomic mass is 32.2. The number of halogens is 2. The van der Waals surface area contributed by atoms with Gasteiger partial charge in [-0.3, -0.25) is 0 Å². The summed E-state index contributed by atoms with van der Waals surface area (Å²) in [4.78, 5) is 0. The van der Waals surface area contributed by atoms with Crippen LogP contribution >= 0.6 is 0 Å². The second-order valence-electron chi connectivity index (χ2n) is 3.14. The number of ether oxygens (including phenoxy) is 1. The molecule has 16 heavy (non-hydrogen) atoms. The number of hydrogen-bond donors (Lipinski definition) is 1. The van der Waals surface area contributed by atoms with Crippen LogP contribution in [0.2, 0.25) is 0 Å². The Morgan fingerprint density at radius 1 is 1.31 bits per heavy atom. The third-order valence-electron chi connectivity index (χ3n) is 1.72. The van der Waals surface area contributed by atoms with Crippen molar-refractivity contribution in [3.63, 3.8) is 0 Å². The highest BCUT2D eigenvalue weighted by molar-refractivity contribution is 7.89. The molecule has 4 nitrogen and oxygen atoms in total. The molecule has 0 aliphatic heterocycles. The van der Waals surface area contributed by atoms with Gasteiger partial charge in [0.25, 0.3) is 0 Å². The quantitative estimate of drug-likeness (QED) is 0.794. The minimum absolute atomic E-state index is 0.00101. The van der Waals surface area contributed by atoms with Gasteiger partial charge in [0.1, 0.15) is 5.82 Å². The third kappa shape index (κ3) is 4.54. The first-order valence-corrected chi connectivity index (χ1v) is 6.18. The van der Waals surface area contributed by atoms with Gasteiger partial charge in [-0.25, -0.2) is 22.3 Å². The second-order valence-corrected chi connectivity index (χ2v) is 4.88. The van der Waals surface area contributed by atoms with Crippen LogP contribution in [0.1, 0.15) is 6.42 Å². The number of primary sulfonamides is 1. The summed E-state index contributed by atoms with van der Waals surface area (Å²) in [5.41, 5.74) is 0. The molecule has 0 amide bonds. The second kappa shape index (κ2) is 5.22. The van der Waals surface area contributed by atoms with E-state index < -0.39 is 21.7 Å². The monoisotopic (exact) mass is 251 g/mol. The lowest BCUT2D eigenvalue weighted by Gasteiger charge is -2.06. The summed E-state index contributed by atoms with van der Waals surface area (Å²) < 4.78 is 51.5. The molecule has 0 fully saturated rings. The molecule has 0 atom stereocenters. The van der Waals surface area contributed by atoms with E-state index in [1.165, 1.54) is 0 Å². The zero-order valence-electron chi connectivity index (χ0n) is 8.32. The van der Waals surface area contributed by atoms with Gasteiger partial charge in [0.2, 0.25) is 10.0 Å². The first-order chi connectivity index (χ1) is 7.38. The molecule has 1 rings (SSSR count). The Hall–Kier alpha value is -1.21. The van der Waals surface area contributed by atoms with E-state index in [0.717, 1.165) is 12.1 Å². The molecule has 1 aromatic rings. The first kappa shape index (κ1) is 12.9. The first-order valence-electron chi connectivity index (χ1n) is 4.47. The predicted molar refractivity (Wildman–Crippen MR) is 54.4 cm³/mol. The Labute approximate surface area is 92.1 Å². The van der Waals surface area contributed by atoms with Gasteiger partial charge >= 0.3 is 0 Å². The molecule has 1 aromatic carbocycles. The Balaban J connectivity index is 2.43. The fourth-order valence-electron chi connectivity index (χ4n) is 1.03. The largest absolute Gasteiger partial charge is 0.490 e. The Morgan fingerprint density at radius 3 is 2.56 bits per heavy atom. The van der Waals surface area contributed by atoms with E-state index in [0.29, 0.717) is 6.07 Å². The number of benzene rings is 1. The van der Waals surface area contributed by atoms with E-state index in [1.807, 2.05) is 0 Å². The minimum atomic E-state index is -3.53. The summed E-state index contributed by atoms with van der Waals surface area (Å²) in [5.74, 6) is -1.88. The highest BCUT2D eigenvalue weighted by Gasteiger charge is 2.06. The molecule has 0 aliphatic carbocycles. The SMILES string of the molecule is NS(=O)(=O)CCCOc1ccc(F)cc1F. The maximum atomic E-state index is 13.0. The van der Waals surface area contributed by atoms with Crippen molar-refractivity contribution in [1.29, 1.82) is 0 Å². The summed E-state index contributed by atoms with van der Waals surface area (Å²) in [6.07, 6.45) is 0.148. The van der Waals surface area contributed by atoms with Gasteiger partial charge in [-0.2, -0.15) is 0 Å². The van der Waals surface area contributed by atoms with Crippen LogP contribution in [0.4, 0.5) is 8.78 Å². The molecule has 0 spiro atoms. The number of hydrogen-bond acceptors (Lipinski definition) is 3. The van der Waals surface area contributed by atoms with Crippen molar-refractivity contribution in [3.05, 3.63) is 29.8 Å². The lowest BCUT2D eigenvalue weighted by Crippen LogP contribution is -2.18. The maximum absolute atomic E-state index is 13.0. The molecule has 0 heterocycles. The molecule has 0 radical (unpaired) electrons. The normalized spacial score (nSPS) is 11.4. The van der Waals surface area contributed by atoms with Crippen molar-refractivity contribution in [1.82, 2.24) is 0 Å². The molecule has 7 heteroatoms. The van der Waals surface area contributed by atoms with Crippen LogP contribution in [0, 0.1) is 11.6 Å². The number of nitrogens with two attached hydrogens (primary N) is 1. The number of sulfonamides is 1. The summed E-state index contributed by atoms with van der Waals surface area (Å²) in [6.45, 7) is -0.00101. The van der Waals surface area contributed by atoms with E-state index in [2.05, 4.69) is 0 Å². The van der Waals surface area contributed by atoms with Gasteiger partial charge < -0.3 is 4.74 Å². The van der Waals surface area contributed by atoms with Crippen molar-refractivity contribution in [2.75, 3.05) is 12.4 Å². The van der Waals surface area contributed by atoms with Crippen molar-refractivity contribution in [3.8, 4) is 5.75 Å². The van der Waals surface area contributed by atoms with E-state index in [1.54, 1.807) is 0 Å². The van der Waals surface area contributed by atoms with Gasteiger partial charge in [-0.05, 0) is 18.6 Å². The van der Waals surface area contributed by atoms with Crippen LogP contribution in [0.15, 0.2) is 18.2 Å². The van der Waals surface area contributed by atoms with Crippen molar-refractivity contribution < 1.29 is 21.9 Å². The molecule has 0 bridgehead atoms. The fraction of sp³-hybridized carbons (Fsp3) is 0.333. The van der Waals surface area contributed by atoms with E-state index in [4.69, 9.17) is 9.88 Å². The molecule has 0 aromatic heterocycles. The van der Waals surface area contributed by atoms with Gasteiger partial charge in [0.05, 0.1) is 12.4 Å². The maximum Gasteiger partial charge on any atom is 0.209 e. The smallest absolute Gasteiger partial charge is 0.209 e. The lowest BCUT2D eigenvalue weighted by atomic mass is 10.3. The van der Waals surface area contributed by atoms with Crippen LogP contribution < -0.4 is 9.88 Å². The number of rotatable bonds is 5. The van der Waals surface area contributed by atoms with E-state index in [-0.39, 0.29) is 24.5 Å². The molecule has 0 saturated carbocycles. The molecule has 2 N–H and O–H groups in total. The summed E-state index contributed by atoms with van der Waals surface area (Å²) in [7, 11) is -3.53. The minimum Gasteiger partial charge on any atom is -0.490 e. The summed E-state index contributed by atoms with van der Waals surface area (Å²) in [5, 5.41) is 4.76. The van der Waals surface area contributed by atoms with Crippen molar-refractivity contribution in [2.24, 2.45) is 5.14 Å². The van der Waals surface area contributed by atoms with Crippen LogP contribution in [-0.2, 0) is 10.0 Å². The standard InChI is InChI=1S/C9H11F2NO3S/c10-7-2-3-9(8(11)6-7)15-4-1-5-16(12,13)14/h2-3,6H,1,4-5H2,(H2,12,13,14). The average Bonchev–Trinajstić information content (AvgIpc) is 2.13. The highest BCUT2D eigenvalue weighted by Crippen LogP contribution is 2.17. The molecular formula is C9H11F2NO3S. The zero-order valence-corrected chi connectivity index (χ0v) is 9.14. The van der Waals surface area contributed by atoms with Gasteiger partial charge in [-0.1, -0.05) is 0 Å².